The lowest BCUT2D eigenvalue weighted by Gasteiger charge is -2.48. The molecule has 10 atom stereocenters. The third-order valence-electron chi connectivity index (χ3n) is 6.17. The number of alkyl halides is 1. The summed E-state index contributed by atoms with van der Waals surface area (Å²) in [4.78, 5) is 8.68. The lowest BCUT2D eigenvalue weighted by molar-refractivity contribution is -0.302. The minimum absolute atomic E-state index is 0.00355. The van der Waals surface area contributed by atoms with Crippen LogP contribution in [0.15, 0.2) is 15.3 Å². The summed E-state index contributed by atoms with van der Waals surface area (Å²) in [5.74, 6) is 0.585. The Balaban J connectivity index is 0.00000172. The van der Waals surface area contributed by atoms with E-state index in [4.69, 9.17) is 47.1 Å². The highest BCUT2D eigenvalue weighted by Gasteiger charge is 2.48. The fourth-order valence-corrected chi connectivity index (χ4v) is 4.23. The van der Waals surface area contributed by atoms with Gasteiger partial charge in [-0.15, -0.1) is 11.6 Å². The number of methoxy groups -OCH3 is 1. The van der Waals surface area contributed by atoms with Gasteiger partial charge in [0, 0.05) is 27.7 Å². The molecule has 2 aliphatic heterocycles. The summed E-state index contributed by atoms with van der Waals surface area (Å²) in [6.07, 6.45) is -2.21. The van der Waals surface area contributed by atoms with Gasteiger partial charge in [0.2, 0.25) is 0 Å². The Morgan fingerprint density at radius 3 is 1.88 bits per heavy atom. The molecule has 2 rings (SSSR count). The summed E-state index contributed by atoms with van der Waals surface area (Å²) >= 11 is 5.00. The molecule has 0 radical (unpaired) electrons. The van der Waals surface area contributed by atoms with E-state index in [0.29, 0.717) is 0 Å². The van der Waals surface area contributed by atoms with Crippen LogP contribution in [-0.2, 0) is 18.9 Å². The Morgan fingerprint density at radius 2 is 1.39 bits per heavy atom. The highest BCUT2D eigenvalue weighted by atomic mass is 35.5. The van der Waals surface area contributed by atoms with Crippen LogP contribution in [0, 0.1) is 17.8 Å². The monoisotopic (exact) mass is 487 g/mol. The quantitative estimate of drug-likeness (QED) is 0.184. The Labute approximate surface area is 198 Å². The van der Waals surface area contributed by atoms with Gasteiger partial charge in [-0.05, 0) is 40.8 Å². The highest BCUT2D eigenvalue weighted by Crippen LogP contribution is 2.38. The molecule has 2 fully saturated rings. The molecule has 0 saturated carbocycles. The lowest BCUT2D eigenvalue weighted by atomic mass is 9.81. The minimum Gasteiger partial charge on any atom is -0.355 e. The third-order valence-corrected chi connectivity index (χ3v) is 6.17. The van der Waals surface area contributed by atoms with Crippen LogP contribution in [0.3, 0.4) is 0 Å². The van der Waals surface area contributed by atoms with E-state index in [1.807, 2.05) is 27.7 Å². The smallest absolute Gasteiger partial charge is 0.167 e. The van der Waals surface area contributed by atoms with Crippen LogP contribution in [0.5, 0.6) is 0 Å². The zero-order valence-corrected chi connectivity index (χ0v) is 20.7. The second-order valence-corrected chi connectivity index (χ2v) is 8.51. The van der Waals surface area contributed by atoms with Crippen LogP contribution < -0.4 is 0 Å². The number of rotatable bonds is 8. The Kier molecular flexibility index (Phi) is 13.3. The number of nitrogens with zero attached hydrogens (tertiary/aromatic N) is 9. The van der Waals surface area contributed by atoms with Crippen LogP contribution in [0.2, 0.25) is 0 Å². The van der Waals surface area contributed by atoms with E-state index >= 15 is 0 Å². The molecule has 13 nitrogen and oxygen atoms in total. The van der Waals surface area contributed by atoms with E-state index in [9.17, 15) is 0 Å². The van der Waals surface area contributed by atoms with Crippen molar-refractivity contribution in [1.29, 1.82) is 0 Å². The van der Waals surface area contributed by atoms with E-state index < -0.39 is 36.9 Å². The zero-order valence-electron chi connectivity index (χ0n) is 19.9. The molecule has 0 aromatic carbocycles. The maximum absolute atomic E-state index is 9.06. The average molecular weight is 488 g/mol. The summed E-state index contributed by atoms with van der Waals surface area (Å²) in [5.41, 5.74) is 26.8. The fourth-order valence-electron chi connectivity index (χ4n) is 4.23. The number of hydrogen-bond donors (Lipinski definition) is 0. The molecule has 2 saturated heterocycles. The third kappa shape index (κ3) is 7.53. The number of hydrogen-bond acceptors (Lipinski definition) is 7. The number of ether oxygens (including phenoxy) is 4. The molecule has 0 amide bonds. The van der Waals surface area contributed by atoms with Crippen molar-refractivity contribution in [2.75, 3.05) is 19.5 Å². The highest BCUT2D eigenvalue weighted by molar-refractivity contribution is 6.17. The summed E-state index contributed by atoms with van der Waals surface area (Å²) in [6.45, 7) is 9.82. The molecule has 2 heterocycles. The van der Waals surface area contributed by atoms with Crippen LogP contribution in [0.1, 0.15) is 41.0 Å². The van der Waals surface area contributed by atoms with E-state index in [0.717, 1.165) is 12.3 Å². The van der Waals surface area contributed by atoms with E-state index in [2.05, 4.69) is 37.0 Å². The average Bonchev–Trinajstić information content (AvgIpc) is 2.80. The molecule has 0 spiro atoms. The van der Waals surface area contributed by atoms with E-state index in [1.165, 1.54) is 7.11 Å². The molecule has 0 aliphatic carbocycles. The second kappa shape index (κ2) is 15.1. The van der Waals surface area contributed by atoms with Crippen molar-refractivity contribution in [3.8, 4) is 0 Å². The van der Waals surface area contributed by atoms with Gasteiger partial charge in [0.25, 0.3) is 0 Å². The lowest BCUT2D eigenvalue weighted by Crippen LogP contribution is -2.58. The molecule has 186 valence electrons. The summed E-state index contributed by atoms with van der Waals surface area (Å²) in [7, 11) is 1.44. The van der Waals surface area contributed by atoms with Crippen LogP contribution in [0.25, 0.3) is 31.3 Å². The van der Waals surface area contributed by atoms with Gasteiger partial charge in [0.1, 0.15) is 0 Å². The standard InChI is InChI=1S/C17H29N9O4.C2H5Cl/c1-6-11-8(2)9(3)13(22-25-19)17(28-11)30-15-10(4)14(23-26-20)16(27-5)29-12(15)7-21-24-18;1-2-3/h8-17H,6-7H2,1-5H3;2H2,1H3/t8-,9?,10?,11?,12?,13-,14-,15-,16-,17+;/m0./s1. The Morgan fingerprint density at radius 1 is 0.848 bits per heavy atom. The molecule has 0 N–H and O–H groups in total. The van der Waals surface area contributed by atoms with Gasteiger partial charge in [-0.25, -0.2) is 0 Å². The summed E-state index contributed by atoms with van der Waals surface area (Å²) in [5, 5.41) is 11.4. The van der Waals surface area contributed by atoms with Crippen LogP contribution >= 0.6 is 11.6 Å². The second-order valence-electron chi connectivity index (χ2n) is 7.98. The van der Waals surface area contributed by atoms with E-state index in [1.54, 1.807) is 0 Å². The fraction of sp³-hybridized carbons (Fsp3) is 1.00. The van der Waals surface area contributed by atoms with Gasteiger partial charge in [-0.1, -0.05) is 50.0 Å². The van der Waals surface area contributed by atoms with Crippen LogP contribution in [-0.4, -0.2) is 62.5 Å². The summed E-state index contributed by atoms with van der Waals surface area (Å²) in [6, 6.07) is -1.20. The first-order valence-electron chi connectivity index (χ1n) is 11.0. The van der Waals surface area contributed by atoms with Crippen molar-refractivity contribution in [3.63, 3.8) is 0 Å². The molecule has 14 heteroatoms. The number of azide groups is 3. The van der Waals surface area contributed by atoms with Crippen molar-refractivity contribution in [1.82, 2.24) is 0 Å². The predicted molar refractivity (Wildman–Crippen MR) is 123 cm³/mol. The SMILES string of the molecule is CCC1O[C@H](O[C@@H]2C(CN=[N+]=[N-])O[C@H](OC)[C@@H](N=[N+]=[N-])C2C)[C@@H](N=[N+]=[N-])C(C)[C@@H]1C.CCCl. The largest absolute Gasteiger partial charge is 0.355 e. The first-order chi connectivity index (χ1) is 15.8. The number of halogens is 1. The Hall–Kier alpha value is -1.94. The molecular weight excluding hydrogens is 454 g/mol. The van der Waals surface area contributed by atoms with Gasteiger partial charge in [-0.3, -0.25) is 0 Å². The van der Waals surface area contributed by atoms with E-state index in [-0.39, 0.29) is 30.4 Å². The molecule has 2 aliphatic rings. The van der Waals surface area contributed by atoms with Gasteiger partial charge >= 0.3 is 0 Å². The normalized spacial score (nSPS) is 37.9. The molecule has 0 aromatic rings. The molecule has 0 aromatic heterocycles. The van der Waals surface area contributed by atoms with Crippen LogP contribution in [0.4, 0.5) is 0 Å². The van der Waals surface area contributed by atoms with Gasteiger partial charge in [0.15, 0.2) is 12.6 Å². The molecular formula is C19H34ClN9O4. The van der Waals surface area contributed by atoms with Gasteiger partial charge in [-0.2, -0.15) is 0 Å². The first kappa shape index (κ1) is 29.1. The minimum atomic E-state index is -0.813. The first-order valence-corrected chi connectivity index (χ1v) is 11.5. The topological polar surface area (TPSA) is 183 Å². The van der Waals surface area contributed by atoms with Crippen molar-refractivity contribution < 1.29 is 18.9 Å². The maximum atomic E-state index is 9.06. The van der Waals surface area contributed by atoms with Crippen molar-refractivity contribution in [2.45, 2.75) is 84.0 Å². The maximum Gasteiger partial charge on any atom is 0.167 e. The molecule has 0 bridgehead atoms. The van der Waals surface area contributed by atoms with Crippen molar-refractivity contribution in [2.24, 2.45) is 33.1 Å². The van der Waals surface area contributed by atoms with Crippen molar-refractivity contribution >= 4 is 11.6 Å². The van der Waals surface area contributed by atoms with Crippen molar-refractivity contribution in [3.05, 3.63) is 31.3 Å². The Bertz CT molecular complexity index is 741. The summed E-state index contributed by atoms with van der Waals surface area (Å²) < 4.78 is 23.7. The molecule has 33 heavy (non-hydrogen) atoms. The zero-order chi connectivity index (χ0) is 25.0. The molecule has 4 unspecified atom stereocenters. The van der Waals surface area contributed by atoms with Gasteiger partial charge in [0.05, 0.1) is 36.9 Å². The van der Waals surface area contributed by atoms with Gasteiger partial charge < -0.3 is 18.9 Å². The predicted octanol–water partition coefficient (Wildman–Crippen LogP) is 5.70.